The van der Waals surface area contributed by atoms with Gasteiger partial charge in [-0.1, -0.05) is 30.1 Å². The van der Waals surface area contributed by atoms with E-state index in [0.29, 0.717) is 11.7 Å². The molecular weight excluding hydrogens is 340 g/mol. The number of rotatable bonds is 6. The highest BCUT2D eigenvalue weighted by molar-refractivity contribution is 5.63. The number of para-hydroxylation sites is 1. The number of hydrogen-bond donors (Lipinski definition) is 1. The molecule has 0 radical (unpaired) electrons. The Balaban J connectivity index is 1.37. The monoisotopic (exact) mass is 368 g/mol. The van der Waals surface area contributed by atoms with E-state index >= 15 is 0 Å². The van der Waals surface area contributed by atoms with Crippen LogP contribution in [0.2, 0.25) is 0 Å². The van der Waals surface area contributed by atoms with E-state index in [1.807, 2.05) is 24.3 Å². The predicted molar refractivity (Wildman–Crippen MR) is 101 cm³/mol. The predicted octanol–water partition coefficient (Wildman–Crippen LogP) is 4.50. The molecule has 5 rings (SSSR count). The SMILES string of the molecule is OCC12CCC(c3nc(-c4ccccc4OCC4CCCC4)no3)(CC1)C2. The third kappa shape index (κ3) is 2.96. The van der Waals surface area contributed by atoms with E-state index in [4.69, 9.17) is 14.2 Å². The summed E-state index contributed by atoms with van der Waals surface area (Å²) in [6.07, 6.45) is 10.3. The quantitative estimate of drug-likeness (QED) is 0.813. The van der Waals surface area contributed by atoms with E-state index in [1.54, 1.807) is 0 Å². The van der Waals surface area contributed by atoms with Gasteiger partial charge in [0.25, 0.3) is 0 Å². The summed E-state index contributed by atoms with van der Waals surface area (Å²) >= 11 is 0. The van der Waals surface area contributed by atoms with Gasteiger partial charge in [0.2, 0.25) is 11.7 Å². The zero-order valence-electron chi connectivity index (χ0n) is 15.8. The Hall–Kier alpha value is -1.88. The fourth-order valence-electron chi connectivity index (χ4n) is 5.54. The van der Waals surface area contributed by atoms with Crippen LogP contribution in [0.15, 0.2) is 28.8 Å². The second kappa shape index (κ2) is 6.62. The number of fused-ring (bicyclic) bond motifs is 2. The Bertz CT molecular complexity index is 801. The van der Waals surface area contributed by atoms with Gasteiger partial charge in [0, 0.05) is 6.61 Å². The smallest absolute Gasteiger partial charge is 0.233 e. The number of aromatic nitrogens is 2. The average Bonchev–Trinajstić information content (AvgIpc) is 3.50. The van der Waals surface area contributed by atoms with E-state index in [9.17, 15) is 5.11 Å². The third-order valence-electron chi connectivity index (χ3n) is 7.27. The highest BCUT2D eigenvalue weighted by Crippen LogP contribution is 2.61. The maximum Gasteiger partial charge on any atom is 0.233 e. The van der Waals surface area contributed by atoms with Gasteiger partial charge < -0.3 is 14.4 Å². The molecule has 1 N–H and O–H groups in total. The Morgan fingerprint density at radius 3 is 2.63 bits per heavy atom. The molecule has 2 aromatic rings. The Morgan fingerprint density at radius 1 is 1.11 bits per heavy atom. The standard InChI is InChI=1S/C22H28N2O3/c25-15-21-9-11-22(14-21,12-10-21)20-23-19(24-27-20)17-7-3-4-8-18(17)26-13-16-5-1-2-6-16/h3-4,7-8,16,25H,1-2,5-6,9-15H2. The lowest BCUT2D eigenvalue weighted by Gasteiger charge is -2.24. The zero-order chi connectivity index (χ0) is 18.3. The normalized spacial score (nSPS) is 30.3. The van der Waals surface area contributed by atoms with Crippen LogP contribution < -0.4 is 4.74 Å². The Kier molecular flexibility index (Phi) is 4.23. The van der Waals surface area contributed by atoms with Crippen LogP contribution in [0, 0.1) is 11.3 Å². The summed E-state index contributed by atoms with van der Waals surface area (Å²) in [4.78, 5) is 4.80. The van der Waals surface area contributed by atoms with Crippen LogP contribution in [0.4, 0.5) is 0 Å². The van der Waals surface area contributed by atoms with Crippen LogP contribution in [-0.2, 0) is 5.41 Å². The fourth-order valence-corrected chi connectivity index (χ4v) is 5.54. The molecule has 0 spiro atoms. The van der Waals surface area contributed by atoms with E-state index in [2.05, 4.69) is 5.16 Å². The lowest BCUT2D eigenvalue weighted by atomic mass is 9.82. The molecule has 2 bridgehead atoms. The first-order valence-electron chi connectivity index (χ1n) is 10.4. The maximum absolute atomic E-state index is 9.79. The molecule has 1 aromatic carbocycles. The van der Waals surface area contributed by atoms with Crippen molar-refractivity contribution < 1.29 is 14.4 Å². The largest absolute Gasteiger partial charge is 0.493 e. The van der Waals surface area contributed by atoms with Gasteiger partial charge in [-0.25, -0.2) is 0 Å². The van der Waals surface area contributed by atoms with E-state index < -0.39 is 0 Å². The summed E-state index contributed by atoms with van der Waals surface area (Å²) in [6, 6.07) is 8.00. The van der Waals surface area contributed by atoms with Crippen molar-refractivity contribution in [3.63, 3.8) is 0 Å². The van der Waals surface area contributed by atoms with Crippen molar-refractivity contribution in [3.8, 4) is 17.1 Å². The average molecular weight is 368 g/mol. The highest BCUT2D eigenvalue weighted by atomic mass is 16.5. The molecule has 5 heteroatoms. The van der Waals surface area contributed by atoms with Gasteiger partial charge in [0.15, 0.2) is 0 Å². The Morgan fingerprint density at radius 2 is 1.89 bits per heavy atom. The van der Waals surface area contributed by atoms with Crippen molar-refractivity contribution in [3.05, 3.63) is 30.2 Å². The maximum atomic E-state index is 9.79. The van der Waals surface area contributed by atoms with Gasteiger partial charge in [-0.15, -0.1) is 0 Å². The van der Waals surface area contributed by atoms with Crippen LogP contribution in [-0.4, -0.2) is 28.5 Å². The van der Waals surface area contributed by atoms with Crippen molar-refractivity contribution >= 4 is 0 Å². The summed E-state index contributed by atoms with van der Waals surface area (Å²) in [6.45, 7) is 1.04. The van der Waals surface area contributed by atoms with E-state index in [1.165, 1.54) is 25.7 Å². The molecule has 144 valence electrons. The lowest BCUT2D eigenvalue weighted by Crippen LogP contribution is -2.20. The van der Waals surface area contributed by atoms with Crippen LogP contribution >= 0.6 is 0 Å². The molecule has 0 saturated heterocycles. The molecular formula is C22H28N2O3. The molecule has 3 fully saturated rings. The minimum absolute atomic E-state index is 0.0341. The molecule has 3 saturated carbocycles. The fraction of sp³-hybridized carbons (Fsp3) is 0.636. The summed E-state index contributed by atoms with van der Waals surface area (Å²) in [5.41, 5.74) is 0.955. The topological polar surface area (TPSA) is 68.4 Å². The number of benzene rings is 1. The number of aliphatic hydroxyl groups is 1. The first-order chi connectivity index (χ1) is 13.2. The van der Waals surface area contributed by atoms with Crippen molar-refractivity contribution in [2.45, 2.75) is 63.2 Å². The second-order valence-corrected chi connectivity index (χ2v) is 9.00. The molecule has 0 atom stereocenters. The van der Waals surface area contributed by atoms with Gasteiger partial charge in [-0.2, -0.15) is 4.98 Å². The van der Waals surface area contributed by atoms with Gasteiger partial charge in [0.1, 0.15) is 5.75 Å². The number of ether oxygens (including phenoxy) is 1. The molecule has 0 amide bonds. The van der Waals surface area contributed by atoms with Gasteiger partial charge in [-0.3, -0.25) is 0 Å². The number of hydrogen-bond acceptors (Lipinski definition) is 5. The first-order valence-corrected chi connectivity index (χ1v) is 10.4. The van der Waals surface area contributed by atoms with Crippen molar-refractivity contribution in [1.82, 2.24) is 10.1 Å². The minimum atomic E-state index is -0.0341. The summed E-state index contributed by atoms with van der Waals surface area (Å²) < 4.78 is 11.9. The summed E-state index contributed by atoms with van der Waals surface area (Å²) in [5, 5.41) is 14.1. The van der Waals surface area contributed by atoms with Crippen LogP contribution in [0.3, 0.4) is 0 Å². The van der Waals surface area contributed by atoms with Gasteiger partial charge >= 0.3 is 0 Å². The third-order valence-corrected chi connectivity index (χ3v) is 7.27. The van der Waals surface area contributed by atoms with Gasteiger partial charge in [0.05, 0.1) is 17.6 Å². The second-order valence-electron chi connectivity index (χ2n) is 9.00. The molecule has 1 aromatic heterocycles. The summed E-state index contributed by atoms with van der Waals surface area (Å²) in [7, 11) is 0. The zero-order valence-corrected chi connectivity index (χ0v) is 15.8. The molecule has 5 nitrogen and oxygen atoms in total. The van der Waals surface area contributed by atoms with Crippen LogP contribution in [0.1, 0.15) is 63.7 Å². The molecule has 1 heterocycles. The van der Waals surface area contributed by atoms with Crippen LogP contribution in [0.5, 0.6) is 5.75 Å². The number of aliphatic hydroxyl groups excluding tert-OH is 1. The Labute approximate surface area is 160 Å². The van der Waals surface area contributed by atoms with Gasteiger partial charge in [-0.05, 0) is 68.4 Å². The molecule has 3 aliphatic carbocycles. The molecule has 0 unspecified atom stereocenters. The number of nitrogens with zero attached hydrogens (tertiary/aromatic N) is 2. The molecule has 3 aliphatic rings. The first kappa shape index (κ1) is 17.2. The van der Waals surface area contributed by atoms with Crippen molar-refractivity contribution in [2.75, 3.05) is 13.2 Å². The van der Waals surface area contributed by atoms with Crippen LogP contribution in [0.25, 0.3) is 11.4 Å². The van der Waals surface area contributed by atoms with E-state index in [0.717, 1.165) is 55.9 Å². The van der Waals surface area contributed by atoms with E-state index in [-0.39, 0.29) is 17.4 Å². The summed E-state index contributed by atoms with van der Waals surface area (Å²) in [5.74, 6) is 2.88. The van der Waals surface area contributed by atoms with Crippen molar-refractivity contribution in [2.24, 2.45) is 11.3 Å². The van der Waals surface area contributed by atoms with Crippen molar-refractivity contribution in [1.29, 1.82) is 0 Å². The lowest BCUT2D eigenvalue weighted by molar-refractivity contribution is 0.133. The highest BCUT2D eigenvalue weighted by Gasteiger charge is 2.57. The molecule has 0 aliphatic heterocycles. The molecule has 27 heavy (non-hydrogen) atoms. The minimum Gasteiger partial charge on any atom is -0.493 e.